The van der Waals surface area contributed by atoms with Crippen molar-refractivity contribution in [2.75, 3.05) is 5.73 Å². The van der Waals surface area contributed by atoms with E-state index in [1.54, 1.807) is 12.4 Å². The van der Waals surface area contributed by atoms with Crippen molar-refractivity contribution in [3.8, 4) is 11.3 Å². The molecule has 0 aliphatic heterocycles. The summed E-state index contributed by atoms with van der Waals surface area (Å²) in [6.45, 7) is 3.27. The Balaban J connectivity index is 2.01. The van der Waals surface area contributed by atoms with Crippen LogP contribution in [0.1, 0.15) is 0 Å². The Morgan fingerprint density at radius 1 is 1.45 bits per heavy atom. The number of aromatic nitrogens is 5. The van der Waals surface area contributed by atoms with Crippen LogP contribution in [0, 0.1) is 6.92 Å². The molecule has 0 aromatic carbocycles. The standard InChI is InChI=1S/C12H13N6O3S/c1-7(22(19,20)21)4-18-5-9(11(13)17-18)10-8-2-3-14-12(8)16-6-15-10/h2-3,5-7H,1,4H2,(H2,13,17)(H,14,15,16)(H,19,20,21). The van der Waals surface area contributed by atoms with Crippen molar-refractivity contribution < 1.29 is 13.0 Å². The van der Waals surface area contributed by atoms with Gasteiger partial charge < -0.3 is 10.7 Å². The Labute approximate surface area is 125 Å². The van der Waals surface area contributed by atoms with Crippen molar-refractivity contribution in [3.63, 3.8) is 0 Å². The maximum absolute atomic E-state index is 11.0. The first-order chi connectivity index (χ1) is 10.4. The van der Waals surface area contributed by atoms with Gasteiger partial charge in [-0.1, -0.05) is 0 Å². The van der Waals surface area contributed by atoms with Gasteiger partial charge in [0.25, 0.3) is 10.1 Å². The zero-order valence-corrected chi connectivity index (χ0v) is 12.2. The highest BCUT2D eigenvalue weighted by Crippen LogP contribution is 2.28. The molecule has 0 bridgehead atoms. The van der Waals surface area contributed by atoms with Gasteiger partial charge in [0, 0.05) is 17.8 Å². The van der Waals surface area contributed by atoms with E-state index in [0.717, 1.165) is 5.39 Å². The first-order valence-corrected chi connectivity index (χ1v) is 7.77. The molecule has 0 saturated carbocycles. The van der Waals surface area contributed by atoms with Gasteiger partial charge in [0.2, 0.25) is 0 Å². The summed E-state index contributed by atoms with van der Waals surface area (Å²) >= 11 is 0. The number of aromatic amines is 1. The zero-order chi connectivity index (χ0) is 15.9. The molecule has 3 rings (SSSR count). The molecule has 10 heteroatoms. The topological polar surface area (TPSA) is 140 Å². The number of rotatable bonds is 4. The van der Waals surface area contributed by atoms with Gasteiger partial charge >= 0.3 is 0 Å². The van der Waals surface area contributed by atoms with Crippen LogP contribution >= 0.6 is 0 Å². The molecule has 3 aromatic rings. The normalized spacial score (nSPS) is 13.5. The fraction of sp³-hybridized carbons (Fsp3) is 0.167. The SMILES string of the molecule is [CH2]C(Cn1cc(-c2ncnc3[nH]ccc23)c(N)n1)S(=O)(=O)O. The lowest BCUT2D eigenvalue weighted by Crippen LogP contribution is -2.23. The highest BCUT2D eigenvalue weighted by molar-refractivity contribution is 7.86. The summed E-state index contributed by atoms with van der Waals surface area (Å²) in [5.74, 6) is 0.198. The van der Waals surface area contributed by atoms with Crippen LogP contribution in [0.3, 0.4) is 0 Å². The predicted octanol–water partition coefficient (Wildman–Crippen LogP) is 0.494. The van der Waals surface area contributed by atoms with E-state index >= 15 is 0 Å². The van der Waals surface area contributed by atoms with Crippen molar-refractivity contribution in [2.45, 2.75) is 11.8 Å². The number of nitrogens with two attached hydrogens (primary N) is 1. The van der Waals surface area contributed by atoms with Crippen LogP contribution in [0.25, 0.3) is 22.3 Å². The molecule has 0 aliphatic rings. The lowest BCUT2D eigenvalue weighted by Gasteiger charge is -2.07. The van der Waals surface area contributed by atoms with Gasteiger partial charge in [-0.15, -0.1) is 0 Å². The smallest absolute Gasteiger partial charge is 0.269 e. The summed E-state index contributed by atoms with van der Waals surface area (Å²) in [5.41, 5.74) is 7.68. The number of fused-ring (bicyclic) bond motifs is 1. The van der Waals surface area contributed by atoms with E-state index in [9.17, 15) is 8.42 Å². The lowest BCUT2D eigenvalue weighted by atomic mass is 10.1. The molecule has 1 atom stereocenters. The quantitative estimate of drug-likeness (QED) is 0.594. The molecule has 9 nitrogen and oxygen atoms in total. The molecule has 1 unspecified atom stereocenters. The monoisotopic (exact) mass is 321 g/mol. The van der Waals surface area contributed by atoms with Crippen molar-refractivity contribution in [3.05, 3.63) is 31.7 Å². The van der Waals surface area contributed by atoms with E-state index in [1.807, 2.05) is 6.07 Å². The first-order valence-electron chi connectivity index (χ1n) is 6.27. The molecule has 22 heavy (non-hydrogen) atoms. The third-order valence-corrected chi connectivity index (χ3v) is 4.20. The molecule has 0 aliphatic carbocycles. The molecule has 0 amide bonds. The Bertz CT molecular complexity index is 929. The average molecular weight is 321 g/mol. The van der Waals surface area contributed by atoms with Crippen LogP contribution in [0.5, 0.6) is 0 Å². The van der Waals surface area contributed by atoms with E-state index in [0.29, 0.717) is 16.9 Å². The van der Waals surface area contributed by atoms with E-state index in [-0.39, 0.29) is 12.4 Å². The maximum Gasteiger partial charge on any atom is 0.269 e. The summed E-state index contributed by atoms with van der Waals surface area (Å²) in [4.78, 5) is 11.3. The maximum atomic E-state index is 11.0. The number of H-pyrrole nitrogens is 1. The van der Waals surface area contributed by atoms with Crippen molar-refractivity contribution in [1.29, 1.82) is 0 Å². The third-order valence-electron chi connectivity index (χ3n) is 3.21. The molecule has 3 aromatic heterocycles. The minimum absolute atomic E-state index is 0.121. The number of nitrogens with zero attached hydrogens (tertiary/aromatic N) is 4. The van der Waals surface area contributed by atoms with Crippen molar-refractivity contribution in [1.82, 2.24) is 24.7 Å². The van der Waals surface area contributed by atoms with Gasteiger partial charge in [0.05, 0.1) is 17.8 Å². The summed E-state index contributed by atoms with van der Waals surface area (Å²) in [6, 6.07) is 1.81. The van der Waals surface area contributed by atoms with Gasteiger partial charge in [-0.3, -0.25) is 9.23 Å². The molecular weight excluding hydrogens is 308 g/mol. The minimum Gasteiger partial charge on any atom is -0.382 e. The third kappa shape index (κ3) is 2.53. The number of hydrogen-bond acceptors (Lipinski definition) is 6. The fourth-order valence-electron chi connectivity index (χ4n) is 2.10. The van der Waals surface area contributed by atoms with Gasteiger partial charge in [-0.2, -0.15) is 13.5 Å². The van der Waals surface area contributed by atoms with Crippen LogP contribution in [0.2, 0.25) is 0 Å². The van der Waals surface area contributed by atoms with Gasteiger partial charge in [-0.05, 0) is 13.0 Å². The Kier molecular flexibility index (Phi) is 3.34. The van der Waals surface area contributed by atoms with Gasteiger partial charge in [-0.25, -0.2) is 9.97 Å². The molecule has 1 radical (unpaired) electrons. The Hall–Kier alpha value is -2.46. The van der Waals surface area contributed by atoms with E-state index < -0.39 is 15.4 Å². The summed E-state index contributed by atoms with van der Waals surface area (Å²) < 4.78 is 32.3. The van der Waals surface area contributed by atoms with Crippen molar-refractivity contribution in [2.24, 2.45) is 0 Å². The Morgan fingerprint density at radius 3 is 2.95 bits per heavy atom. The van der Waals surface area contributed by atoms with E-state index in [2.05, 4.69) is 27.0 Å². The molecule has 3 heterocycles. The largest absolute Gasteiger partial charge is 0.382 e. The minimum atomic E-state index is -4.24. The molecule has 4 N–H and O–H groups in total. The second-order valence-electron chi connectivity index (χ2n) is 4.75. The first kappa shape index (κ1) is 14.5. The number of nitrogens with one attached hydrogen (secondary N) is 1. The lowest BCUT2D eigenvalue weighted by molar-refractivity contribution is 0.462. The molecular formula is C12H13N6O3S. The highest BCUT2D eigenvalue weighted by atomic mass is 32.2. The second-order valence-corrected chi connectivity index (χ2v) is 6.45. The van der Waals surface area contributed by atoms with Crippen LogP contribution in [-0.4, -0.2) is 43.0 Å². The van der Waals surface area contributed by atoms with E-state index in [1.165, 1.54) is 11.0 Å². The fourth-order valence-corrected chi connectivity index (χ4v) is 2.44. The van der Waals surface area contributed by atoms with Crippen LogP contribution in [-0.2, 0) is 16.7 Å². The average Bonchev–Trinajstić information content (AvgIpc) is 3.03. The summed E-state index contributed by atoms with van der Waals surface area (Å²) in [7, 11) is -4.24. The Morgan fingerprint density at radius 2 is 2.23 bits per heavy atom. The van der Waals surface area contributed by atoms with Crippen LogP contribution in [0.4, 0.5) is 5.82 Å². The number of nitrogen functional groups attached to an aromatic ring is 1. The summed E-state index contributed by atoms with van der Waals surface area (Å²) in [6.07, 6.45) is 4.69. The summed E-state index contributed by atoms with van der Waals surface area (Å²) in [5, 5.41) is 3.57. The predicted molar refractivity (Wildman–Crippen MR) is 80.2 cm³/mol. The number of hydrogen-bond donors (Lipinski definition) is 3. The van der Waals surface area contributed by atoms with Gasteiger partial charge in [0.1, 0.15) is 17.2 Å². The molecule has 0 saturated heterocycles. The molecule has 0 fully saturated rings. The van der Waals surface area contributed by atoms with Crippen LogP contribution < -0.4 is 5.73 Å². The molecule has 0 spiro atoms. The van der Waals surface area contributed by atoms with Gasteiger partial charge in [0.15, 0.2) is 5.82 Å². The zero-order valence-electron chi connectivity index (χ0n) is 11.3. The molecule has 115 valence electrons. The second kappa shape index (κ2) is 5.07. The van der Waals surface area contributed by atoms with Crippen LogP contribution in [0.15, 0.2) is 24.8 Å². The number of anilines is 1. The highest BCUT2D eigenvalue weighted by Gasteiger charge is 2.20. The van der Waals surface area contributed by atoms with E-state index in [4.69, 9.17) is 10.3 Å². The van der Waals surface area contributed by atoms with Crippen molar-refractivity contribution >= 4 is 27.0 Å².